The van der Waals surface area contributed by atoms with E-state index < -0.39 is 0 Å². The molecule has 1 atom stereocenters. The maximum absolute atomic E-state index is 3.33. The van der Waals surface area contributed by atoms with Crippen molar-refractivity contribution in [3.05, 3.63) is 57.3 Å². The lowest BCUT2D eigenvalue weighted by Crippen LogP contribution is -2.18. The van der Waals surface area contributed by atoms with E-state index in [1.54, 1.807) is 0 Å². The molecule has 1 heterocycles. The van der Waals surface area contributed by atoms with Crippen molar-refractivity contribution >= 4 is 11.3 Å². The average molecular weight is 273 g/mol. The van der Waals surface area contributed by atoms with Crippen LogP contribution in [0.5, 0.6) is 0 Å². The van der Waals surface area contributed by atoms with Gasteiger partial charge in [-0.05, 0) is 44.5 Å². The van der Waals surface area contributed by atoms with Crippen LogP contribution < -0.4 is 5.32 Å². The Hall–Kier alpha value is -1.12. The average Bonchev–Trinajstić information content (AvgIpc) is 2.87. The van der Waals surface area contributed by atoms with Crippen LogP contribution in [0.1, 0.15) is 33.7 Å². The second kappa shape index (κ2) is 6.88. The van der Waals surface area contributed by atoms with Gasteiger partial charge in [0.15, 0.2) is 0 Å². The van der Waals surface area contributed by atoms with Gasteiger partial charge in [-0.25, -0.2) is 0 Å². The van der Waals surface area contributed by atoms with Crippen LogP contribution >= 0.6 is 11.3 Å². The van der Waals surface area contributed by atoms with Gasteiger partial charge in [-0.2, -0.15) is 0 Å². The zero-order valence-corrected chi connectivity index (χ0v) is 12.9. The van der Waals surface area contributed by atoms with Gasteiger partial charge >= 0.3 is 0 Å². The molecule has 2 heteroatoms. The lowest BCUT2D eigenvalue weighted by atomic mass is 9.94. The van der Waals surface area contributed by atoms with E-state index in [1.807, 2.05) is 18.4 Å². The van der Waals surface area contributed by atoms with E-state index in [2.05, 4.69) is 55.6 Å². The fraction of sp³-hybridized carbons (Fsp3) is 0.412. The molecule has 0 radical (unpaired) electrons. The van der Waals surface area contributed by atoms with Crippen LogP contribution in [-0.4, -0.2) is 13.6 Å². The monoisotopic (exact) mass is 273 g/mol. The zero-order chi connectivity index (χ0) is 13.7. The first-order valence-electron chi connectivity index (χ1n) is 7.01. The molecular weight excluding hydrogens is 250 g/mol. The summed E-state index contributed by atoms with van der Waals surface area (Å²) in [4.78, 5) is 2.99. The maximum atomic E-state index is 3.33. The first-order valence-corrected chi connectivity index (χ1v) is 7.83. The molecular formula is C17H23NS. The molecule has 0 bridgehead atoms. The number of nitrogens with one attached hydrogen (secondary N) is 1. The highest BCUT2D eigenvalue weighted by atomic mass is 32.1. The lowest BCUT2D eigenvalue weighted by molar-refractivity contribution is 0.630. The Morgan fingerprint density at radius 1 is 1.05 bits per heavy atom. The van der Waals surface area contributed by atoms with Crippen LogP contribution in [0.3, 0.4) is 0 Å². The summed E-state index contributed by atoms with van der Waals surface area (Å²) < 4.78 is 0. The Bertz CT molecular complexity index is 498. The third-order valence-corrected chi connectivity index (χ3v) is 4.76. The zero-order valence-electron chi connectivity index (χ0n) is 12.1. The smallest absolute Gasteiger partial charge is 0.00547 e. The van der Waals surface area contributed by atoms with Crippen LogP contribution in [0.25, 0.3) is 0 Å². The molecule has 0 saturated heterocycles. The number of hydrogen-bond acceptors (Lipinski definition) is 2. The Kier molecular flexibility index (Phi) is 5.17. The van der Waals surface area contributed by atoms with Crippen molar-refractivity contribution in [1.82, 2.24) is 5.32 Å². The Balaban J connectivity index is 2.13. The second-order valence-electron chi connectivity index (χ2n) is 5.09. The number of benzene rings is 1. The molecule has 102 valence electrons. The SMILES string of the molecule is CCc1ccc(CC(CNC)c2ccc(C)cc2)s1. The topological polar surface area (TPSA) is 12.0 Å². The quantitative estimate of drug-likeness (QED) is 0.833. The van der Waals surface area contributed by atoms with Crippen molar-refractivity contribution in [2.45, 2.75) is 32.6 Å². The number of likely N-dealkylation sites (N-methyl/N-ethyl adjacent to an activating group) is 1. The van der Waals surface area contributed by atoms with Crippen LogP contribution in [0.15, 0.2) is 36.4 Å². The number of rotatable bonds is 6. The van der Waals surface area contributed by atoms with E-state index in [4.69, 9.17) is 0 Å². The molecule has 0 aliphatic rings. The van der Waals surface area contributed by atoms with Gasteiger partial charge in [0.2, 0.25) is 0 Å². The number of aryl methyl sites for hydroxylation is 2. The van der Waals surface area contributed by atoms with E-state index in [9.17, 15) is 0 Å². The van der Waals surface area contributed by atoms with Crippen LogP contribution in [0, 0.1) is 6.92 Å². The molecule has 2 aromatic rings. The van der Waals surface area contributed by atoms with Gasteiger partial charge in [0, 0.05) is 22.2 Å². The summed E-state index contributed by atoms with van der Waals surface area (Å²) in [6.07, 6.45) is 2.28. The summed E-state index contributed by atoms with van der Waals surface area (Å²) in [5.74, 6) is 0.564. The Morgan fingerprint density at radius 3 is 2.32 bits per heavy atom. The molecule has 2 rings (SSSR count). The van der Waals surface area contributed by atoms with Crippen molar-refractivity contribution < 1.29 is 0 Å². The second-order valence-corrected chi connectivity index (χ2v) is 6.34. The molecule has 0 saturated carbocycles. The van der Waals surface area contributed by atoms with Gasteiger partial charge in [-0.3, -0.25) is 0 Å². The van der Waals surface area contributed by atoms with E-state index >= 15 is 0 Å². The molecule has 1 aromatic heterocycles. The standard InChI is InChI=1S/C17H23NS/c1-4-16-9-10-17(19-16)11-15(12-18-3)14-7-5-13(2)6-8-14/h5-10,15,18H,4,11-12H2,1-3H3. The summed E-state index contributed by atoms with van der Waals surface area (Å²) in [6.45, 7) is 5.40. The third kappa shape index (κ3) is 3.92. The minimum Gasteiger partial charge on any atom is -0.319 e. The number of thiophene rings is 1. The highest BCUT2D eigenvalue weighted by Crippen LogP contribution is 2.25. The molecule has 0 aliphatic heterocycles. The van der Waals surface area contributed by atoms with Crippen molar-refractivity contribution in [3.63, 3.8) is 0 Å². The molecule has 1 unspecified atom stereocenters. The van der Waals surface area contributed by atoms with Crippen LogP contribution in [0.2, 0.25) is 0 Å². The van der Waals surface area contributed by atoms with Gasteiger partial charge in [-0.1, -0.05) is 36.8 Å². The predicted molar refractivity (Wildman–Crippen MR) is 85.2 cm³/mol. The molecule has 1 nitrogen and oxygen atoms in total. The third-order valence-electron chi connectivity index (χ3n) is 3.51. The van der Waals surface area contributed by atoms with Crippen LogP contribution in [-0.2, 0) is 12.8 Å². The molecule has 0 amide bonds. The van der Waals surface area contributed by atoms with Gasteiger partial charge < -0.3 is 5.32 Å². The summed E-state index contributed by atoms with van der Waals surface area (Å²) in [7, 11) is 2.03. The van der Waals surface area contributed by atoms with E-state index in [-0.39, 0.29) is 0 Å². The minimum absolute atomic E-state index is 0.564. The van der Waals surface area contributed by atoms with Gasteiger partial charge in [0.25, 0.3) is 0 Å². The summed E-state index contributed by atoms with van der Waals surface area (Å²) in [5, 5.41) is 3.33. The maximum Gasteiger partial charge on any atom is 0.00547 e. The van der Waals surface area contributed by atoms with E-state index in [0.29, 0.717) is 5.92 Å². The Labute approximate surface area is 120 Å². The van der Waals surface area contributed by atoms with Gasteiger partial charge in [-0.15, -0.1) is 11.3 Å². The van der Waals surface area contributed by atoms with Crippen molar-refractivity contribution in [1.29, 1.82) is 0 Å². The molecule has 1 aromatic carbocycles. The predicted octanol–water partition coefficient (Wildman–Crippen LogP) is 4.16. The fourth-order valence-corrected chi connectivity index (χ4v) is 3.40. The highest BCUT2D eigenvalue weighted by Gasteiger charge is 2.12. The van der Waals surface area contributed by atoms with Gasteiger partial charge in [0.05, 0.1) is 0 Å². The first kappa shape index (κ1) is 14.3. The highest BCUT2D eigenvalue weighted by molar-refractivity contribution is 7.11. The minimum atomic E-state index is 0.564. The Morgan fingerprint density at radius 2 is 1.74 bits per heavy atom. The molecule has 1 N–H and O–H groups in total. The van der Waals surface area contributed by atoms with Crippen molar-refractivity contribution in [3.8, 4) is 0 Å². The molecule has 0 spiro atoms. The van der Waals surface area contributed by atoms with Gasteiger partial charge in [0.1, 0.15) is 0 Å². The lowest BCUT2D eigenvalue weighted by Gasteiger charge is -2.16. The summed E-state index contributed by atoms with van der Waals surface area (Å²) in [5.41, 5.74) is 2.77. The van der Waals surface area contributed by atoms with Crippen molar-refractivity contribution in [2.75, 3.05) is 13.6 Å². The molecule has 0 fully saturated rings. The van der Waals surface area contributed by atoms with E-state index in [1.165, 1.54) is 20.9 Å². The molecule has 0 aliphatic carbocycles. The fourth-order valence-electron chi connectivity index (χ4n) is 2.36. The summed E-state index contributed by atoms with van der Waals surface area (Å²) in [6, 6.07) is 13.5. The normalized spacial score (nSPS) is 12.6. The van der Waals surface area contributed by atoms with E-state index in [0.717, 1.165) is 19.4 Å². The number of hydrogen-bond donors (Lipinski definition) is 1. The summed E-state index contributed by atoms with van der Waals surface area (Å²) >= 11 is 1.96. The largest absolute Gasteiger partial charge is 0.319 e. The molecule has 19 heavy (non-hydrogen) atoms. The van der Waals surface area contributed by atoms with Crippen molar-refractivity contribution in [2.24, 2.45) is 0 Å². The first-order chi connectivity index (χ1) is 9.22. The van der Waals surface area contributed by atoms with Crippen LogP contribution in [0.4, 0.5) is 0 Å².